The molecule has 4 aromatic rings. The van der Waals surface area contributed by atoms with Crippen molar-refractivity contribution in [1.82, 2.24) is 29.8 Å². The highest BCUT2D eigenvalue weighted by molar-refractivity contribution is 5.99. The summed E-state index contributed by atoms with van der Waals surface area (Å²) < 4.78 is 37.1. The molecule has 0 amide bonds. The van der Waals surface area contributed by atoms with Crippen LogP contribution in [0.15, 0.2) is 43.0 Å². The van der Waals surface area contributed by atoms with Crippen molar-refractivity contribution in [1.29, 1.82) is 0 Å². The Kier molecular flexibility index (Phi) is 11.4. The van der Waals surface area contributed by atoms with Gasteiger partial charge in [0.2, 0.25) is 0 Å². The molecule has 1 unspecified atom stereocenters. The van der Waals surface area contributed by atoms with Crippen LogP contribution in [0.4, 0.5) is 10.2 Å². The molecule has 0 saturated carbocycles. The van der Waals surface area contributed by atoms with Crippen molar-refractivity contribution in [2.45, 2.75) is 64.7 Å². The number of hydroxylamine groups is 2. The molecule has 268 valence electrons. The number of hydrogen-bond acceptors (Lipinski definition) is 12. The molecule has 2 saturated heterocycles. The number of ether oxygens (including phenoxy) is 3. The Bertz CT molecular complexity index is 1840. The van der Waals surface area contributed by atoms with Crippen LogP contribution in [0, 0.1) is 12.7 Å². The van der Waals surface area contributed by atoms with Crippen molar-refractivity contribution >= 4 is 27.6 Å². The fourth-order valence-electron chi connectivity index (χ4n) is 6.55. The zero-order valence-electron chi connectivity index (χ0n) is 29.1. The maximum atomic E-state index is 17.3. The maximum Gasteiger partial charge on any atom is 0.319 e. The van der Waals surface area contributed by atoms with E-state index in [1.165, 1.54) is 11.3 Å². The van der Waals surface area contributed by atoms with E-state index in [1.807, 2.05) is 23.4 Å². The summed E-state index contributed by atoms with van der Waals surface area (Å²) >= 11 is 0. The van der Waals surface area contributed by atoms with Crippen molar-refractivity contribution in [2.24, 2.45) is 5.73 Å². The van der Waals surface area contributed by atoms with Gasteiger partial charge in [-0.3, -0.25) is 14.9 Å². The highest BCUT2D eigenvalue weighted by atomic mass is 19.1. The van der Waals surface area contributed by atoms with Gasteiger partial charge in [0.15, 0.2) is 12.0 Å². The number of rotatable bonds is 13. The zero-order valence-corrected chi connectivity index (χ0v) is 29.1. The van der Waals surface area contributed by atoms with E-state index in [-0.39, 0.29) is 42.8 Å². The first kappa shape index (κ1) is 35.5. The molecule has 0 bridgehead atoms. The number of nitrogens with zero attached hydrogens (tertiary/aromatic N) is 7. The van der Waals surface area contributed by atoms with Crippen molar-refractivity contribution < 1.29 is 28.5 Å². The maximum absolute atomic E-state index is 17.3. The Morgan fingerprint density at radius 1 is 1.24 bits per heavy atom. The van der Waals surface area contributed by atoms with E-state index in [1.54, 1.807) is 25.6 Å². The summed E-state index contributed by atoms with van der Waals surface area (Å²) in [6, 6.07) is 2.10. The molecule has 5 heterocycles. The number of pyridine rings is 1. The number of aliphatic hydroxyl groups is 1. The largest absolute Gasteiger partial charge is 0.459 e. The van der Waals surface area contributed by atoms with Gasteiger partial charge >= 0.3 is 6.01 Å². The minimum atomic E-state index is -0.601. The minimum Gasteiger partial charge on any atom is -0.459 e. The van der Waals surface area contributed by atoms with E-state index in [9.17, 15) is 5.11 Å². The molecule has 0 radical (unpaired) electrons. The Labute approximate surface area is 291 Å². The van der Waals surface area contributed by atoms with E-state index in [0.29, 0.717) is 62.5 Å². The molecule has 2 aliphatic heterocycles. The fourth-order valence-corrected chi connectivity index (χ4v) is 6.55. The zero-order chi connectivity index (χ0) is 35.2. The van der Waals surface area contributed by atoms with Crippen molar-refractivity contribution in [3.8, 4) is 17.3 Å². The number of hydrogen-bond donors (Lipinski definition) is 2. The SMILES string of the molecule is C=C(CC)COc1nc(N2CCOC[C@@H](ON(C)/C=C\N)C2)c2cnc(-c3c(CCCO)c(C)cc4c3cnn4C3CCCCO3)c(F)c2n1. The standard InChI is InChI=1S/C36H47FN8O5/c1-5-23(2)21-49-36-41-33-28(35(42-36)44-13-16-47-22-25(20-44)50-43(4)12-11-38)18-39-34(32(33)37)31-26(9-8-14-46)24(3)17-29-27(31)19-40-45(29)30-10-6-7-15-48-30/h11-12,17-19,25,30,46H,2,5-10,13-16,20-22,38H2,1,3-4H3/b12-11-/t25-,30?/m0/s1. The van der Waals surface area contributed by atoms with Crippen molar-refractivity contribution in [3.63, 3.8) is 0 Å². The molecular weight excluding hydrogens is 643 g/mol. The molecule has 3 N–H and O–H groups in total. The van der Waals surface area contributed by atoms with E-state index in [0.717, 1.165) is 53.3 Å². The van der Waals surface area contributed by atoms with Gasteiger partial charge in [0.1, 0.15) is 29.7 Å². The van der Waals surface area contributed by atoms with E-state index in [4.69, 9.17) is 39.8 Å². The first-order valence-corrected chi connectivity index (χ1v) is 17.3. The summed E-state index contributed by atoms with van der Waals surface area (Å²) in [5.74, 6) is -0.144. The first-order valence-electron chi connectivity index (χ1n) is 17.3. The van der Waals surface area contributed by atoms with Gasteiger partial charge in [-0.25, -0.2) is 9.07 Å². The predicted molar refractivity (Wildman–Crippen MR) is 189 cm³/mol. The Morgan fingerprint density at radius 2 is 2.10 bits per heavy atom. The van der Waals surface area contributed by atoms with Gasteiger partial charge < -0.3 is 30.0 Å². The lowest BCUT2D eigenvalue weighted by Crippen LogP contribution is -2.37. The number of benzene rings is 1. The number of aliphatic hydroxyl groups excluding tert-OH is 1. The van der Waals surface area contributed by atoms with Gasteiger partial charge in [-0.2, -0.15) is 15.1 Å². The van der Waals surface area contributed by atoms with Gasteiger partial charge in [-0.15, -0.1) is 0 Å². The molecule has 0 spiro atoms. The third-order valence-electron chi connectivity index (χ3n) is 9.18. The van der Waals surface area contributed by atoms with E-state index < -0.39 is 5.82 Å². The molecule has 0 aliphatic carbocycles. The number of aryl methyl sites for hydroxylation is 1. The molecule has 13 nitrogen and oxygen atoms in total. The number of anilines is 1. The lowest BCUT2D eigenvalue weighted by Gasteiger charge is -2.27. The topological polar surface area (TPSA) is 146 Å². The van der Waals surface area contributed by atoms with Crippen LogP contribution >= 0.6 is 0 Å². The quantitative estimate of drug-likeness (QED) is 0.145. The van der Waals surface area contributed by atoms with E-state index >= 15 is 4.39 Å². The Balaban J connectivity index is 1.50. The Hall–Kier alpha value is -4.37. The molecule has 2 atom stereocenters. The van der Waals surface area contributed by atoms with Crippen LogP contribution in [-0.4, -0.2) is 94.2 Å². The molecule has 2 aliphatic rings. The van der Waals surface area contributed by atoms with Gasteiger partial charge in [-0.1, -0.05) is 13.5 Å². The average molecular weight is 691 g/mol. The normalized spacial score (nSPS) is 18.6. The Morgan fingerprint density at radius 3 is 2.86 bits per heavy atom. The summed E-state index contributed by atoms with van der Waals surface area (Å²) in [4.78, 5) is 22.2. The monoisotopic (exact) mass is 690 g/mol. The average Bonchev–Trinajstić information content (AvgIpc) is 3.40. The second-order valence-electron chi connectivity index (χ2n) is 12.8. The molecule has 50 heavy (non-hydrogen) atoms. The molecule has 14 heteroatoms. The highest BCUT2D eigenvalue weighted by Crippen LogP contribution is 2.40. The van der Waals surface area contributed by atoms with Crippen LogP contribution in [0.25, 0.3) is 33.1 Å². The lowest BCUT2D eigenvalue weighted by molar-refractivity contribution is -0.159. The summed E-state index contributed by atoms with van der Waals surface area (Å²) in [5.41, 5.74) is 9.95. The predicted octanol–water partition coefficient (Wildman–Crippen LogP) is 4.96. The third-order valence-corrected chi connectivity index (χ3v) is 9.18. The van der Waals surface area contributed by atoms with Gasteiger partial charge in [-0.05, 0) is 68.2 Å². The number of aromatic nitrogens is 5. The molecular formula is C36H47FN8O5. The number of fused-ring (bicyclic) bond motifs is 2. The smallest absolute Gasteiger partial charge is 0.319 e. The van der Waals surface area contributed by atoms with Crippen LogP contribution in [0.1, 0.15) is 56.4 Å². The van der Waals surface area contributed by atoms with Crippen LogP contribution in [0.2, 0.25) is 0 Å². The van der Waals surface area contributed by atoms with Crippen molar-refractivity contribution in [2.75, 3.05) is 58.1 Å². The van der Waals surface area contributed by atoms with Gasteiger partial charge in [0, 0.05) is 56.4 Å². The summed E-state index contributed by atoms with van der Waals surface area (Å²) in [5, 5.41) is 17.2. The van der Waals surface area contributed by atoms with Crippen LogP contribution in [0.5, 0.6) is 6.01 Å². The summed E-state index contributed by atoms with van der Waals surface area (Å²) in [7, 11) is 1.75. The third kappa shape index (κ3) is 7.53. The summed E-state index contributed by atoms with van der Waals surface area (Å²) in [6.45, 7) is 10.5. The van der Waals surface area contributed by atoms with E-state index in [2.05, 4.69) is 17.6 Å². The van der Waals surface area contributed by atoms with Gasteiger partial charge in [0.25, 0.3) is 0 Å². The fraction of sp³-hybridized carbons (Fsp3) is 0.500. The van der Waals surface area contributed by atoms with Crippen LogP contribution in [0.3, 0.4) is 0 Å². The minimum absolute atomic E-state index is 0.00260. The first-order chi connectivity index (χ1) is 24.3. The van der Waals surface area contributed by atoms with Crippen LogP contribution < -0.4 is 15.4 Å². The molecule has 1 aromatic carbocycles. The van der Waals surface area contributed by atoms with Crippen molar-refractivity contribution in [3.05, 3.63) is 60.0 Å². The molecule has 3 aromatic heterocycles. The highest BCUT2D eigenvalue weighted by Gasteiger charge is 2.29. The number of nitrogens with two attached hydrogens (primary N) is 1. The van der Waals surface area contributed by atoms with Crippen LogP contribution in [-0.2, 0) is 20.7 Å². The number of halogens is 1. The second kappa shape index (κ2) is 16.1. The second-order valence-corrected chi connectivity index (χ2v) is 12.8. The summed E-state index contributed by atoms with van der Waals surface area (Å²) in [6.07, 6.45) is 10.5. The lowest BCUT2D eigenvalue weighted by atomic mass is 9.92. The molecule has 2 fully saturated rings. The molecule has 6 rings (SSSR count). The van der Waals surface area contributed by atoms with Gasteiger partial charge in [0.05, 0.1) is 36.9 Å².